The largest absolute Gasteiger partial charge is 0.493 e. The number of rotatable bonds is 9. The molecule has 13 nitrogen and oxygen atoms in total. The molecule has 40 heavy (non-hydrogen) atoms. The van der Waals surface area contributed by atoms with Gasteiger partial charge in [0, 0.05) is 44.0 Å². The molecule has 14 heteroatoms. The molecule has 5 aromatic rings. The average Bonchev–Trinajstić information content (AvgIpc) is 3.38. The molecule has 3 N–H and O–H groups in total. The maximum absolute atomic E-state index is 13.1. The van der Waals surface area contributed by atoms with Crippen LogP contribution in [0.15, 0.2) is 58.4 Å². The SMILES string of the molecule is CNS(=O)(=O)Nc1ccc(Cn2c(=O)n(C)c(=O)c3[nH]c(Cc4cncc5cc(OC)c(OC)cc45)nc32)cc1. The summed E-state index contributed by atoms with van der Waals surface area (Å²) in [6.07, 6.45) is 3.75. The molecule has 0 aliphatic carbocycles. The van der Waals surface area contributed by atoms with Gasteiger partial charge in [-0.15, -0.1) is 0 Å². The molecule has 3 heterocycles. The van der Waals surface area contributed by atoms with Gasteiger partial charge < -0.3 is 14.5 Å². The molecule has 5 rings (SSSR count). The highest BCUT2D eigenvalue weighted by Gasteiger charge is 2.18. The van der Waals surface area contributed by atoms with E-state index in [2.05, 4.69) is 24.4 Å². The van der Waals surface area contributed by atoms with E-state index in [4.69, 9.17) is 9.47 Å². The monoisotopic (exact) mass is 565 g/mol. The van der Waals surface area contributed by atoms with Crippen LogP contribution in [0.4, 0.5) is 5.69 Å². The zero-order valence-corrected chi connectivity index (χ0v) is 23.0. The Kier molecular flexibility index (Phi) is 7.04. The maximum atomic E-state index is 13.1. The van der Waals surface area contributed by atoms with Gasteiger partial charge in [-0.05, 0) is 40.8 Å². The number of hydrogen-bond donors (Lipinski definition) is 3. The number of aromatic nitrogens is 5. The molecular formula is C26H27N7O6S. The molecule has 0 spiro atoms. The highest BCUT2D eigenvalue weighted by atomic mass is 32.2. The van der Waals surface area contributed by atoms with Crippen molar-refractivity contribution in [2.75, 3.05) is 26.0 Å². The summed E-state index contributed by atoms with van der Waals surface area (Å²) in [5.74, 6) is 1.63. The number of nitrogens with one attached hydrogen (secondary N) is 3. The van der Waals surface area contributed by atoms with Crippen LogP contribution in [-0.2, 0) is 30.2 Å². The first-order valence-electron chi connectivity index (χ1n) is 12.1. The van der Waals surface area contributed by atoms with E-state index in [1.807, 2.05) is 12.1 Å². The van der Waals surface area contributed by atoms with Gasteiger partial charge in [-0.2, -0.15) is 8.42 Å². The van der Waals surface area contributed by atoms with E-state index in [9.17, 15) is 18.0 Å². The first-order chi connectivity index (χ1) is 19.1. The summed E-state index contributed by atoms with van der Waals surface area (Å²) in [4.78, 5) is 38.1. The van der Waals surface area contributed by atoms with Gasteiger partial charge >= 0.3 is 5.69 Å². The summed E-state index contributed by atoms with van der Waals surface area (Å²) in [5.41, 5.74) is 1.30. The van der Waals surface area contributed by atoms with Gasteiger partial charge in [-0.3, -0.25) is 23.6 Å². The van der Waals surface area contributed by atoms with E-state index < -0.39 is 21.5 Å². The molecule has 0 aliphatic rings. The van der Waals surface area contributed by atoms with Gasteiger partial charge in [0.1, 0.15) is 11.3 Å². The molecule has 0 saturated heterocycles. The van der Waals surface area contributed by atoms with E-state index in [0.717, 1.165) is 20.9 Å². The van der Waals surface area contributed by atoms with Crippen molar-refractivity contribution in [3.8, 4) is 11.5 Å². The number of imidazole rings is 1. The second-order valence-corrected chi connectivity index (χ2v) is 10.6. The molecule has 0 fully saturated rings. The first kappa shape index (κ1) is 26.9. The minimum atomic E-state index is -3.66. The van der Waals surface area contributed by atoms with Crippen molar-refractivity contribution in [3.05, 3.63) is 86.6 Å². The van der Waals surface area contributed by atoms with Crippen LogP contribution in [0.5, 0.6) is 11.5 Å². The van der Waals surface area contributed by atoms with E-state index in [1.165, 1.54) is 18.7 Å². The van der Waals surface area contributed by atoms with Crippen molar-refractivity contribution in [2.45, 2.75) is 13.0 Å². The number of methoxy groups -OCH3 is 2. The topological polar surface area (TPSA) is 162 Å². The van der Waals surface area contributed by atoms with Crippen LogP contribution in [-0.4, -0.2) is 53.8 Å². The minimum Gasteiger partial charge on any atom is -0.493 e. The highest BCUT2D eigenvalue weighted by molar-refractivity contribution is 7.90. The Morgan fingerprint density at radius 2 is 1.73 bits per heavy atom. The van der Waals surface area contributed by atoms with Crippen molar-refractivity contribution in [1.29, 1.82) is 0 Å². The highest BCUT2D eigenvalue weighted by Crippen LogP contribution is 2.33. The number of hydrogen-bond acceptors (Lipinski definition) is 8. The Balaban J connectivity index is 1.53. The summed E-state index contributed by atoms with van der Waals surface area (Å²) in [6, 6.07) is 10.2. The predicted molar refractivity (Wildman–Crippen MR) is 150 cm³/mol. The standard InChI is InChI=1S/C26H27N7O6S/c1-27-40(36,37)31-18-7-5-15(6-8-18)14-33-24-23(25(34)32(2)26(33)35)29-22(30-24)10-17-13-28-12-16-9-20(38-3)21(39-4)11-19(16)17/h5-9,11-13,27,31H,10,14H2,1-4H3,(H,29,30). The number of aromatic amines is 1. The molecule has 0 amide bonds. The minimum absolute atomic E-state index is 0.111. The molecule has 208 valence electrons. The Morgan fingerprint density at radius 3 is 2.40 bits per heavy atom. The predicted octanol–water partition coefficient (Wildman–Crippen LogP) is 1.50. The van der Waals surface area contributed by atoms with E-state index in [0.29, 0.717) is 35.0 Å². The summed E-state index contributed by atoms with van der Waals surface area (Å²) < 4.78 is 41.3. The smallest absolute Gasteiger partial charge is 0.332 e. The molecule has 0 unspecified atom stereocenters. The van der Waals surface area contributed by atoms with E-state index >= 15 is 0 Å². The number of H-pyrrole nitrogens is 1. The fraction of sp³-hybridized carbons (Fsp3) is 0.231. The lowest BCUT2D eigenvalue weighted by Gasteiger charge is -2.11. The lowest BCUT2D eigenvalue weighted by Crippen LogP contribution is -2.38. The van der Waals surface area contributed by atoms with Crippen molar-refractivity contribution in [1.82, 2.24) is 28.8 Å². The molecular weight excluding hydrogens is 538 g/mol. The van der Waals surface area contributed by atoms with Crippen molar-refractivity contribution >= 4 is 37.8 Å². The summed E-state index contributed by atoms with van der Waals surface area (Å²) in [6.45, 7) is 0.111. The Morgan fingerprint density at radius 1 is 1.02 bits per heavy atom. The van der Waals surface area contributed by atoms with Crippen molar-refractivity contribution in [3.63, 3.8) is 0 Å². The zero-order chi connectivity index (χ0) is 28.6. The van der Waals surface area contributed by atoms with E-state index in [1.54, 1.807) is 50.9 Å². The number of ether oxygens (including phenoxy) is 2. The fourth-order valence-electron chi connectivity index (χ4n) is 4.45. The number of nitrogens with zero attached hydrogens (tertiary/aromatic N) is 4. The van der Waals surface area contributed by atoms with Gasteiger partial charge in [0.15, 0.2) is 17.1 Å². The third kappa shape index (κ3) is 5.01. The van der Waals surface area contributed by atoms with Crippen LogP contribution >= 0.6 is 0 Å². The van der Waals surface area contributed by atoms with Gasteiger partial charge in [-0.1, -0.05) is 12.1 Å². The van der Waals surface area contributed by atoms with Crippen LogP contribution < -0.4 is 30.2 Å². The van der Waals surface area contributed by atoms with Crippen molar-refractivity contribution < 1.29 is 17.9 Å². The zero-order valence-electron chi connectivity index (χ0n) is 22.2. The second-order valence-electron chi connectivity index (χ2n) is 9.03. The Labute approximate surface area is 228 Å². The number of benzene rings is 2. The molecule has 3 aromatic heterocycles. The lowest BCUT2D eigenvalue weighted by molar-refractivity contribution is 0.356. The van der Waals surface area contributed by atoms with Gasteiger partial charge in [0.2, 0.25) is 0 Å². The van der Waals surface area contributed by atoms with Crippen LogP contribution in [0, 0.1) is 0 Å². The van der Waals surface area contributed by atoms with Crippen LogP contribution in [0.3, 0.4) is 0 Å². The Bertz CT molecular complexity index is 1960. The van der Waals surface area contributed by atoms with E-state index in [-0.39, 0.29) is 17.7 Å². The number of fused-ring (bicyclic) bond motifs is 2. The third-order valence-electron chi connectivity index (χ3n) is 6.54. The molecule has 0 atom stereocenters. The molecule has 0 saturated carbocycles. The summed E-state index contributed by atoms with van der Waals surface area (Å²) >= 11 is 0. The first-order valence-corrected chi connectivity index (χ1v) is 13.6. The van der Waals surface area contributed by atoms with Crippen LogP contribution in [0.2, 0.25) is 0 Å². The molecule has 0 bridgehead atoms. The second kappa shape index (κ2) is 10.5. The third-order valence-corrected chi connectivity index (χ3v) is 7.59. The Hall–Kier alpha value is -4.69. The molecule has 0 radical (unpaired) electrons. The van der Waals surface area contributed by atoms with Crippen LogP contribution in [0.1, 0.15) is 17.0 Å². The van der Waals surface area contributed by atoms with Gasteiger partial charge in [0.25, 0.3) is 15.8 Å². The maximum Gasteiger partial charge on any atom is 0.332 e. The van der Waals surface area contributed by atoms with Gasteiger partial charge in [-0.25, -0.2) is 14.5 Å². The van der Waals surface area contributed by atoms with Crippen molar-refractivity contribution in [2.24, 2.45) is 7.05 Å². The average molecular weight is 566 g/mol. The fourth-order valence-corrected chi connectivity index (χ4v) is 5.00. The quantitative estimate of drug-likeness (QED) is 0.242. The molecule has 2 aromatic carbocycles. The number of pyridine rings is 1. The summed E-state index contributed by atoms with van der Waals surface area (Å²) in [5, 5.41) is 1.73. The molecule has 0 aliphatic heterocycles. The lowest BCUT2D eigenvalue weighted by atomic mass is 10.0. The summed E-state index contributed by atoms with van der Waals surface area (Å²) in [7, 11) is 2.18. The number of anilines is 1. The normalized spacial score (nSPS) is 11.7. The van der Waals surface area contributed by atoms with Gasteiger partial charge in [0.05, 0.1) is 20.8 Å². The van der Waals surface area contributed by atoms with Crippen LogP contribution in [0.25, 0.3) is 21.9 Å².